The molecule has 3 rings (SSSR count). The van der Waals surface area contributed by atoms with Crippen LogP contribution in [0.1, 0.15) is 0 Å². The van der Waals surface area contributed by atoms with Crippen LogP contribution in [-0.2, 0) is 0 Å². The van der Waals surface area contributed by atoms with Crippen molar-refractivity contribution in [2.75, 3.05) is 69.2 Å². The third-order valence-electron chi connectivity index (χ3n) is 3.90. The molecule has 1 N–H and O–H groups in total. The predicted octanol–water partition coefficient (Wildman–Crippen LogP) is -0.362. The van der Waals surface area contributed by atoms with Gasteiger partial charge < -0.3 is 20.0 Å². The fourth-order valence-corrected chi connectivity index (χ4v) is 2.58. The molecule has 0 spiro atoms. The van der Waals surface area contributed by atoms with Crippen LogP contribution in [0.4, 0.5) is 11.6 Å². The van der Waals surface area contributed by atoms with Gasteiger partial charge in [0.1, 0.15) is 0 Å². The summed E-state index contributed by atoms with van der Waals surface area (Å²) in [6, 6.07) is 4.21. The maximum atomic E-state index is 4.40. The number of nitrogens with one attached hydrogen (secondary N) is 1. The van der Waals surface area contributed by atoms with Crippen molar-refractivity contribution in [2.24, 2.45) is 0 Å². The molecule has 0 bridgehead atoms. The standard InChI is InChI=1S/C13H22N6/c1-17-8-10-19(11-9-17)13-3-2-12(15-16-13)18-6-4-14-5-7-18/h2-3,14H,4-11H2,1H3. The van der Waals surface area contributed by atoms with Crippen LogP contribution < -0.4 is 15.1 Å². The van der Waals surface area contributed by atoms with Crippen LogP contribution in [0, 0.1) is 0 Å². The molecule has 0 unspecified atom stereocenters. The summed E-state index contributed by atoms with van der Waals surface area (Å²) in [5, 5.41) is 12.1. The highest BCUT2D eigenvalue weighted by molar-refractivity contribution is 5.45. The van der Waals surface area contributed by atoms with Gasteiger partial charge in [-0.1, -0.05) is 0 Å². The number of nitrogens with zero attached hydrogens (tertiary/aromatic N) is 5. The molecule has 6 nitrogen and oxygen atoms in total. The zero-order valence-corrected chi connectivity index (χ0v) is 11.5. The van der Waals surface area contributed by atoms with E-state index in [2.05, 4.69) is 49.4 Å². The molecule has 2 fully saturated rings. The Hall–Kier alpha value is -1.40. The molecule has 1 aromatic heterocycles. The van der Waals surface area contributed by atoms with Crippen molar-refractivity contribution in [1.82, 2.24) is 20.4 Å². The summed E-state index contributed by atoms with van der Waals surface area (Å²) in [7, 11) is 2.16. The van der Waals surface area contributed by atoms with E-state index in [1.807, 2.05) is 0 Å². The highest BCUT2D eigenvalue weighted by atomic mass is 15.3. The normalized spacial score (nSPS) is 21.7. The van der Waals surface area contributed by atoms with Crippen LogP contribution in [0.2, 0.25) is 0 Å². The van der Waals surface area contributed by atoms with E-state index in [9.17, 15) is 0 Å². The van der Waals surface area contributed by atoms with Crippen molar-refractivity contribution in [1.29, 1.82) is 0 Å². The van der Waals surface area contributed by atoms with Gasteiger partial charge in [0.15, 0.2) is 11.6 Å². The Morgan fingerprint density at radius 1 is 0.842 bits per heavy atom. The van der Waals surface area contributed by atoms with E-state index in [-0.39, 0.29) is 0 Å². The summed E-state index contributed by atoms with van der Waals surface area (Å²) < 4.78 is 0. The Kier molecular flexibility index (Phi) is 3.79. The quantitative estimate of drug-likeness (QED) is 0.785. The molecule has 19 heavy (non-hydrogen) atoms. The number of piperazine rings is 2. The molecule has 6 heteroatoms. The second-order valence-corrected chi connectivity index (χ2v) is 5.28. The third-order valence-corrected chi connectivity index (χ3v) is 3.90. The SMILES string of the molecule is CN1CCN(c2ccc(N3CCNCC3)nn2)CC1. The van der Waals surface area contributed by atoms with E-state index in [0.717, 1.165) is 64.0 Å². The summed E-state index contributed by atoms with van der Waals surface area (Å²) in [5.74, 6) is 2.01. The van der Waals surface area contributed by atoms with Crippen molar-refractivity contribution in [2.45, 2.75) is 0 Å². The van der Waals surface area contributed by atoms with E-state index < -0.39 is 0 Å². The van der Waals surface area contributed by atoms with Gasteiger partial charge in [-0.3, -0.25) is 0 Å². The highest BCUT2D eigenvalue weighted by Gasteiger charge is 2.17. The van der Waals surface area contributed by atoms with Crippen molar-refractivity contribution < 1.29 is 0 Å². The monoisotopic (exact) mass is 262 g/mol. The second kappa shape index (κ2) is 5.71. The van der Waals surface area contributed by atoms with E-state index in [1.54, 1.807) is 0 Å². The highest BCUT2D eigenvalue weighted by Crippen LogP contribution is 2.16. The Bertz CT molecular complexity index is 392. The second-order valence-electron chi connectivity index (χ2n) is 5.28. The lowest BCUT2D eigenvalue weighted by Crippen LogP contribution is -2.45. The van der Waals surface area contributed by atoms with Gasteiger partial charge in [-0.05, 0) is 19.2 Å². The van der Waals surface area contributed by atoms with Crippen molar-refractivity contribution in [3.8, 4) is 0 Å². The van der Waals surface area contributed by atoms with Crippen molar-refractivity contribution in [3.63, 3.8) is 0 Å². The molecule has 2 aliphatic heterocycles. The molecule has 0 atom stereocenters. The number of hydrogen-bond acceptors (Lipinski definition) is 6. The smallest absolute Gasteiger partial charge is 0.151 e. The first kappa shape index (κ1) is 12.6. The first-order valence-electron chi connectivity index (χ1n) is 7.06. The van der Waals surface area contributed by atoms with Crippen LogP contribution in [0.5, 0.6) is 0 Å². The molecule has 2 saturated heterocycles. The van der Waals surface area contributed by atoms with E-state index in [0.29, 0.717) is 0 Å². The number of anilines is 2. The van der Waals surface area contributed by atoms with Gasteiger partial charge in [0, 0.05) is 52.4 Å². The molecular formula is C13H22N6. The molecule has 0 amide bonds. The Labute approximate surface area is 114 Å². The van der Waals surface area contributed by atoms with E-state index in [1.165, 1.54) is 0 Å². The van der Waals surface area contributed by atoms with Crippen LogP contribution >= 0.6 is 0 Å². The fourth-order valence-electron chi connectivity index (χ4n) is 2.58. The van der Waals surface area contributed by atoms with Gasteiger partial charge >= 0.3 is 0 Å². The first-order chi connectivity index (χ1) is 9.33. The van der Waals surface area contributed by atoms with Gasteiger partial charge in [0.2, 0.25) is 0 Å². The number of rotatable bonds is 2. The summed E-state index contributed by atoms with van der Waals surface area (Å²) in [6.45, 7) is 8.37. The third kappa shape index (κ3) is 2.96. The summed E-state index contributed by atoms with van der Waals surface area (Å²) in [5.41, 5.74) is 0. The van der Waals surface area contributed by atoms with Crippen molar-refractivity contribution >= 4 is 11.6 Å². The molecule has 104 valence electrons. The summed E-state index contributed by atoms with van der Waals surface area (Å²) in [6.07, 6.45) is 0. The Balaban J connectivity index is 1.65. The van der Waals surface area contributed by atoms with Gasteiger partial charge in [-0.2, -0.15) is 0 Å². The summed E-state index contributed by atoms with van der Waals surface area (Å²) in [4.78, 5) is 6.95. The minimum atomic E-state index is 0.999. The molecule has 3 heterocycles. The molecule has 1 aromatic rings. The van der Waals surface area contributed by atoms with Crippen molar-refractivity contribution in [3.05, 3.63) is 12.1 Å². The van der Waals surface area contributed by atoms with Crippen LogP contribution in [0.15, 0.2) is 12.1 Å². The summed E-state index contributed by atoms with van der Waals surface area (Å²) >= 11 is 0. The zero-order chi connectivity index (χ0) is 13.1. The first-order valence-corrected chi connectivity index (χ1v) is 7.06. The lowest BCUT2D eigenvalue weighted by atomic mass is 10.3. The largest absolute Gasteiger partial charge is 0.353 e. The molecule has 0 saturated carbocycles. The zero-order valence-electron chi connectivity index (χ0n) is 11.5. The minimum absolute atomic E-state index is 0.999. The van der Waals surface area contributed by atoms with Gasteiger partial charge in [-0.15, -0.1) is 10.2 Å². The predicted molar refractivity (Wildman–Crippen MR) is 76.8 cm³/mol. The van der Waals surface area contributed by atoms with E-state index >= 15 is 0 Å². The lowest BCUT2D eigenvalue weighted by Gasteiger charge is -2.33. The Morgan fingerprint density at radius 2 is 1.37 bits per heavy atom. The Morgan fingerprint density at radius 3 is 1.89 bits per heavy atom. The van der Waals surface area contributed by atoms with Crippen LogP contribution in [0.25, 0.3) is 0 Å². The molecule has 0 aliphatic carbocycles. The maximum Gasteiger partial charge on any atom is 0.151 e. The van der Waals surface area contributed by atoms with E-state index in [4.69, 9.17) is 0 Å². The van der Waals surface area contributed by atoms with Crippen LogP contribution in [-0.4, -0.2) is 74.5 Å². The molecule has 0 radical (unpaired) electrons. The number of aromatic nitrogens is 2. The topological polar surface area (TPSA) is 47.5 Å². The lowest BCUT2D eigenvalue weighted by molar-refractivity contribution is 0.312. The number of hydrogen-bond donors (Lipinski definition) is 1. The fraction of sp³-hybridized carbons (Fsp3) is 0.692. The van der Waals surface area contributed by atoms with Gasteiger partial charge in [0.05, 0.1) is 0 Å². The van der Waals surface area contributed by atoms with Crippen LogP contribution in [0.3, 0.4) is 0 Å². The molecular weight excluding hydrogens is 240 g/mol. The van der Waals surface area contributed by atoms with Gasteiger partial charge in [-0.25, -0.2) is 0 Å². The van der Waals surface area contributed by atoms with Gasteiger partial charge in [0.25, 0.3) is 0 Å². The number of likely N-dealkylation sites (N-methyl/N-ethyl adjacent to an activating group) is 1. The average molecular weight is 262 g/mol. The molecule has 2 aliphatic rings. The average Bonchev–Trinajstić information content (AvgIpc) is 2.49. The minimum Gasteiger partial charge on any atom is -0.353 e. The molecule has 0 aromatic carbocycles. The maximum absolute atomic E-state index is 4.40.